The van der Waals surface area contributed by atoms with E-state index >= 15 is 0 Å². The van der Waals surface area contributed by atoms with E-state index < -0.39 is 15.8 Å². The smallest absolute Gasteiger partial charge is 0.243 e. The fourth-order valence-corrected chi connectivity index (χ4v) is 2.92. The Morgan fingerprint density at radius 2 is 2.12 bits per heavy atom. The Bertz CT molecular complexity index is 512. The van der Waals surface area contributed by atoms with Crippen molar-refractivity contribution < 1.29 is 12.8 Å². The zero-order chi connectivity index (χ0) is 12.5. The van der Waals surface area contributed by atoms with E-state index in [1.165, 1.54) is 12.1 Å². The van der Waals surface area contributed by atoms with E-state index in [0.717, 1.165) is 18.4 Å². The topological polar surface area (TPSA) is 58.2 Å². The Balaban J connectivity index is 2.25. The van der Waals surface area contributed by atoms with Crippen LogP contribution < -0.4 is 10.0 Å². The van der Waals surface area contributed by atoms with E-state index in [1.54, 1.807) is 13.1 Å². The molecule has 0 aliphatic heterocycles. The molecule has 1 saturated carbocycles. The van der Waals surface area contributed by atoms with Crippen LogP contribution in [0.25, 0.3) is 0 Å². The quantitative estimate of drug-likeness (QED) is 0.828. The van der Waals surface area contributed by atoms with Gasteiger partial charge in [-0.1, -0.05) is 6.07 Å². The average molecular weight is 258 g/mol. The van der Waals surface area contributed by atoms with Crippen molar-refractivity contribution in [2.24, 2.45) is 0 Å². The molecule has 1 fully saturated rings. The number of sulfonamides is 1. The average Bonchev–Trinajstić information content (AvgIpc) is 3.01. The van der Waals surface area contributed by atoms with Gasteiger partial charge in [0, 0.05) is 12.6 Å². The van der Waals surface area contributed by atoms with Gasteiger partial charge in [0.1, 0.15) is 10.7 Å². The Hall–Kier alpha value is -0.980. The number of nitrogens with one attached hydrogen (secondary N) is 2. The summed E-state index contributed by atoms with van der Waals surface area (Å²) in [5.41, 5.74) is 0.718. The van der Waals surface area contributed by atoms with Gasteiger partial charge in [-0.3, -0.25) is 0 Å². The molecular formula is C11H15FN2O2S. The van der Waals surface area contributed by atoms with Crippen LogP contribution in [0.2, 0.25) is 0 Å². The monoisotopic (exact) mass is 258 g/mol. The summed E-state index contributed by atoms with van der Waals surface area (Å²) in [5.74, 6) is -0.703. The van der Waals surface area contributed by atoms with E-state index in [-0.39, 0.29) is 10.9 Å². The summed E-state index contributed by atoms with van der Waals surface area (Å²) in [4.78, 5) is -0.274. The second-order valence-electron chi connectivity index (χ2n) is 4.19. The summed E-state index contributed by atoms with van der Waals surface area (Å²) in [6.07, 6.45) is 1.66. The van der Waals surface area contributed by atoms with Crippen LogP contribution in [0.1, 0.15) is 18.4 Å². The summed E-state index contributed by atoms with van der Waals surface area (Å²) < 4.78 is 39.8. The number of halogens is 1. The second kappa shape index (κ2) is 4.72. The molecule has 0 heterocycles. The summed E-state index contributed by atoms with van der Waals surface area (Å²) in [6.45, 7) is 0.507. The molecule has 1 aliphatic rings. The molecule has 0 amide bonds. The van der Waals surface area contributed by atoms with Crippen LogP contribution in [0.4, 0.5) is 4.39 Å². The van der Waals surface area contributed by atoms with Crippen LogP contribution in [0, 0.1) is 5.82 Å². The normalized spacial score (nSPS) is 16.1. The van der Waals surface area contributed by atoms with Crippen LogP contribution >= 0.6 is 0 Å². The Morgan fingerprint density at radius 3 is 2.65 bits per heavy atom. The lowest BCUT2D eigenvalue weighted by Crippen LogP contribution is -2.26. The fraction of sp³-hybridized carbons (Fsp3) is 0.455. The molecule has 0 bridgehead atoms. The van der Waals surface area contributed by atoms with Gasteiger partial charge in [-0.2, -0.15) is 0 Å². The highest BCUT2D eigenvalue weighted by Crippen LogP contribution is 2.23. The lowest BCUT2D eigenvalue weighted by Gasteiger charge is -2.08. The zero-order valence-electron chi connectivity index (χ0n) is 9.53. The van der Waals surface area contributed by atoms with Gasteiger partial charge in [0.05, 0.1) is 0 Å². The molecule has 0 spiro atoms. The van der Waals surface area contributed by atoms with Gasteiger partial charge in [-0.05, 0) is 37.6 Å². The molecule has 1 aromatic rings. The molecule has 1 aromatic carbocycles. The first-order chi connectivity index (χ1) is 8.03. The molecule has 6 heteroatoms. The molecule has 0 aromatic heterocycles. The number of hydrogen-bond acceptors (Lipinski definition) is 3. The van der Waals surface area contributed by atoms with Crippen molar-refractivity contribution in [1.82, 2.24) is 10.0 Å². The van der Waals surface area contributed by atoms with Crippen LogP contribution in [0.15, 0.2) is 23.1 Å². The third kappa shape index (κ3) is 3.02. The van der Waals surface area contributed by atoms with Crippen LogP contribution in [0.3, 0.4) is 0 Å². The van der Waals surface area contributed by atoms with Gasteiger partial charge < -0.3 is 5.32 Å². The molecule has 4 nitrogen and oxygen atoms in total. The molecule has 17 heavy (non-hydrogen) atoms. The summed E-state index contributed by atoms with van der Waals surface area (Å²) in [5, 5.41) is 2.88. The highest BCUT2D eigenvalue weighted by atomic mass is 32.2. The van der Waals surface area contributed by atoms with Crippen LogP contribution in [-0.2, 0) is 16.6 Å². The van der Waals surface area contributed by atoms with Gasteiger partial charge in [-0.25, -0.2) is 17.5 Å². The molecule has 94 valence electrons. The SMILES string of the molecule is CNCc1ccc(S(=O)(=O)NC2CC2)c(F)c1. The van der Waals surface area contributed by atoms with Crippen molar-refractivity contribution in [3.05, 3.63) is 29.6 Å². The minimum Gasteiger partial charge on any atom is -0.316 e. The number of rotatable bonds is 5. The van der Waals surface area contributed by atoms with E-state index in [2.05, 4.69) is 10.0 Å². The minimum atomic E-state index is -3.70. The van der Waals surface area contributed by atoms with Crippen molar-refractivity contribution in [3.63, 3.8) is 0 Å². The molecule has 0 unspecified atom stereocenters. The molecule has 1 aliphatic carbocycles. The van der Waals surface area contributed by atoms with Crippen molar-refractivity contribution >= 4 is 10.0 Å². The van der Waals surface area contributed by atoms with Gasteiger partial charge >= 0.3 is 0 Å². The molecule has 0 radical (unpaired) electrons. The summed E-state index contributed by atoms with van der Waals surface area (Å²) in [6, 6.07) is 4.16. The summed E-state index contributed by atoms with van der Waals surface area (Å²) >= 11 is 0. The van der Waals surface area contributed by atoms with Crippen molar-refractivity contribution in [3.8, 4) is 0 Å². The fourth-order valence-electron chi connectivity index (χ4n) is 1.56. The molecule has 0 saturated heterocycles. The standard InChI is InChI=1S/C11H15FN2O2S/c1-13-7-8-2-5-11(10(12)6-8)17(15,16)14-9-3-4-9/h2,5-6,9,13-14H,3-4,7H2,1H3. The maximum absolute atomic E-state index is 13.7. The first kappa shape index (κ1) is 12.5. The Morgan fingerprint density at radius 1 is 1.41 bits per heavy atom. The highest BCUT2D eigenvalue weighted by Gasteiger charge is 2.29. The van der Waals surface area contributed by atoms with Crippen molar-refractivity contribution in [2.75, 3.05) is 7.05 Å². The van der Waals surface area contributed by atoms with E-state index in [0.29, 0.717) is 6.54 Å². The first-order valence-electron chi connectivity index (χ1n) is 5.48. The van der Waals surface area contributed by atoms with Gasteiger partial charge in [0.2, 0.25) is 10.0 Å². The van der Waals surface area contributed by atoms with E-state index in [1.807, 2.05) is 0 Å². The predicted octanol–water partition coefficient (Wildman–Crippen LogP) is 0.986. The van der Waals surface area contributed by atoms with Crippen LogP contribution in [-0.4, -0.2) is 21.5 Å². The third-order valence-corrected chi connectivity index (χ3v) is 4.12. The maximum atomic E-state index is 13.7. The summed E-state index contributed by atoms with van der Waals surface area (Å²) in [7, 11) is -1.96. The molecule has 2 N–H and O–H groups in total. The minimum absolute atomic E-state index is 0.0172. The van der Waals surface area contributed by atoms with Gasteiger partial charge in [0.25, 0.3) is 0 Å². The largest absolute Gasteiger partial charge is 0.316 e. The lowest BCUT2D eigenvalue weighted by atomic mass is 10.2. The maximum Gasteiger partial charge on any atom is 0.243 e. The predicted molar refractivity (Wildman–Crippen MR) is 62.5 cm³/mol. The number of benzene rings is 1. The van der Waals surface area contributed by atoms with E-state index in [9.17, 15) is 12.8 Å². The Labute approximate surface area is 100 Å². The molecule has 2 rings (SSSR count). The third-order valence-electron chi connectivity index (χ3n) is 2.57. The van der Waals surface area contributed by atoms with Crippen molar-refractivity contribution in [2.45, 2.75) is 30.3 Å². The van der Waals surface area contributed by atoms with Gasteiger partial charge in [0.15, 0.2) is 0 Å². The Kier molecular flexibility index (Phi) is 3.46. The van der Waals surface area contributed by atoms with Crippen molar-refractivity contribution in [1.29, 1.82) is 0 Å². The van der Waals surface area contributed by atoms with E-state index in [4.69, 9.17) is 0 Å². The molecular weight excluding hydrogens is 243 g/mol. The highest BCUT2D eigenvalue weighted by molar-refractivity contribution is 7.89. The zero-order valence-corrected chi connectivity index (χ0v) is 10.3. The van der Waals surface area contributed by atoms with Gasteiger partial charge in [-0.15, -0.1) is 0 Å². The lowest BCUT2D eigenvalue weighted by molar-refractivity contribution is 0.555. The molecule has 0 atom stereocenters. The number of hydrogen-bond donors (Lipinski definition) is 2. The first-order valence-corrected chi connectivity index (χ1v) is 6.96. The van der Waals surface area contributed by atoms with Crippen LogP contribution in [0.5, 0.6) is 0 Å². The second-order valence-corrected chi connectivity index (χ2v) is 5.87.